The maximum atomic E-state index is 12.2. The van der Waals surface area contributed by atoms with Crippen LogP contribution in [0.3, 0.4) is 0 Å². The number of unbranched alkanes of at least 4 members (excludes halogenated alkanes) is 2. The molecule has 0 radical (unpaired) electrons. The second-order valence-corrected chi connectivity index (χ2v) is 18.1. The molecule has 2 N–H and O–H groups in total. The highest BCUT2D eigenvalue weighted by Crippen LogP contribution is 2.45. The number of benzene rings is 2. The molecule has 2 saturated carbocycles. The van der Waals surface area contributed by atoms with E-state index in [1.807, 2.05) is 6.92 Å². The molecule has 0 amide bonds. The van der Waals surface area contributed by atoms with Gasteiger partial charge in [-0.15, -0.1) is 0 Å². The number of aliphatic hydroxyl groups excluding tert-OH is 2. The molecule has 0 unspecified atom stereocenters. The standard InChI is InChI=1S/C52H78O7/c1-8-11-12-15-39-18-20-41(21-19-39)42-22-24-43(25-23-42)44-26-27-48(40(9-2)32-44)47-33-45(16-13-29-58-50(55)37(4)5)49(57-31-28-52(10-3,35-53)36-54)46(34-47)17-14-30-59-51(56)38(6)7/h26-27,32-34,39,41-43,53-54H,4,6,8-25,28-31,35-36H2,1-3,5,7H3. The fourth-order valence-corrected chi connectivity index (χ4v) is 9.54. The minimum atomic E-state index is -0.627. The molecule has 328 valence electrons. The molecule has 7 nitrogen and oxygen atoms in total. The molecule has 0 aliphatic heterocycles. The summed E-state index contributed by atoms with van der Waals surface area (Å²) in [6.07, 6.45) is 21.1. The van der Waals surface area contributed by atoms with Gasteiger partial charge in [-0.05, 0) is 167 Å². The molecule has 0 bridgehead atoms. The van der Waals surface area contributed by atoms with Gasteiger partial charge in [-0.25, -0.2) is 9.59 Å². The minimum Gasteiger partial charge on any atom is -0.493 e. The third-order valence-electron chi connectivity index (χ3n) is 13.7. The van der Waals surface area contributed by atoms with Gasteiger partial charge in [0, 0.05) is 16.6 Å². The van der Waals surface area contributed by atoms with E-state index >= 15 is 0 Å². The summed E-state index contributed by atoms with van der Waals surface area (Å²) in [5, 5.41) is 20.3. The summed E-state index contributed by atoms with van der Waals surface area (Å²) in [6, 6.07) is 11.6. The molecular weight excluding hydrogens is 737 g/mol. The van der Waals surface area contributed by atoms with E-state index < -0.39 is 17.4 Å². The highest BCUT2D eigenvalue weighted by atomic mass is 16.5. The van der Waals surface area contributed by atoms with Gasteiger partial charge in [0.1, 0.15) is 5.75 Å². The molecule has 0 aromatic heterocycles. The second kappa shape index (κ2) is 24.7. The predicted molar refractivity (Wildman–Crippen MR) is 241 cm³/mol. The fourth-order valence-electron chi connectivity index (χ4n) is 9.54. The summed E-state index contributed by atoms with van der Waals surface area (Å²) in [5.41, 5.74) is 7.27. The Labute approximate surface area is 357 Å². The molecule has 4 rings (SSSR count). The van der Waals surface area contributed by atoms with E-state index in [2.05, 4.69) is 57.3 Å². The molecule has 59 heavy (non-hydrogen) atoms. The second-order valence-electron chi connectivity index (χ2n) is 18.1. The average molecular weight is 815 g/mol. The molecule has 0 atom stereocenters. The number of carbonyl (C=O) groups is 2. The maximum absolute atomic E-state index is 12.2. The van der Waals surface area contributed by atoms with Crippen LogP contribution in [-0.2, 0) is 38.3 Å². The van der Waals surface area contributed by atoms with Gasteiger partial charge in [0.25, 0.3) is 0 Å². The normalized spacial score (nSPS) is 19.6. The Bertz CT molecular complexity index is 1570. The van der Waals surface area contributed by atoms with E-state index in [0.717, 1.165) is 46.6 Å². The number of carbonyl (C=O) groups excluding carboxylic acids is 2. The molecule has 0 spiro atoms. The number of esters is 2. The van der Waals surface area contributed by atoms with Crippen LogP contribution in [0.2, 0.25) is 0 Å². The van der Waals surface area contributed by atoms with Gasteiger partial charge < -0.3 is 24.4 Å². The molecule has 2 aromatic carbocycles. The first-order chi connectivity index (χ1) is 28.5. The Kier molecular flexibility index (Phi) is 20.2. The van der Waals surface area contributed by atoms with Gasteiger partial charge in [-0.1, -0.05) is 90.7 Å². The minimum absolute atomic E-state index is 0.123. The van der Waals surface area contributed by atoms with Gasteiger partial charge in [-0.3, -0.25) is 0 Å². The monoisotopic (exact) mass is 815 g/mol. The molecular formula is C52H78O7. The summed E-state index contributed by atoms with van der Waals surface area (Å²) in [4.78, 5) is 24.4. The first-order valence-electron chi connectivity index (χ1n) is 23.3. The predicted octanol–water partition coefficient (Wildman–Crippen LogP) is 11.8. The molecule has 7 heteroatoms. The van der Waals surface area contributed by atoms with Crippen molar-refractivity contribution in [3.8, 4) is 16.9 Å². The van der Waals surface area contributed by atoms with Crippen molar-refractivity contribution in [1.82, 2.24) is 0 Å². The van der Waals surface area contributed by atoms with Crippen molar-refractivity contribution >= 4 is 11.9 Å². The summed E-state index contributed by atoms with van der Waals surface area (Å²) in [7, 11) is 0. The zero-order valence-electron chi connectivity index (χ0n) is 37.5. The van der Waals surface area contributed by atoms with Crippen LogP contribution in [0, 0.1) is 23.2 Å². The molecule has 0 heterocycles. The van der Waals surface area contributed by atoms with Crippen molar-refractivity contribution in [2.24, 2.45) is 23.2 Å². The van der Waals surface area contributed by atoms with E-state index in [4.69, 9.17) is 14.2 Å². The molecule has 2 fully saturated rings. The highest BCUT2D eigenvalue weighted by Gasteiger charge is 2.32. The lowest BCUT2D eigenvalue weighted by atomic mass is 9.68. The lowest BCUT2D eigenvalue weighted by molar-refractivity contribution is -0.139. The summed E-state index contributed by atoms with van der Waals surface area (Å²) in [6.45, 7) is 17.8. The lowest BCUT2D eigenvalue weighted by Crippen LogP contribution is -2.31. The van der Waals surface area contributed by atoms with Gasteiger partial charge in [0.2, 0.25) is 0 Å². The Morgan fingerprint density at radius 3 is 1.76 bits per heavy atom. The Balaban J connectivity index is 1.57. The summed E-state index contributed by atoms with van der Waals surface area (Å²) >= 11 is 0. The zero-order valence-corrected chi connectivity index (χ0v) is 37.5. The van der Waals surface area contributed by atoms with Crippen molar-refractivity contribution in [1.29, 1.82) is 0 Å². The number of rotatable bonds is 25. The van der Waals surface area contributed by atoms with Crippen LogP contribution < -0.4 is 4.74 Å². The molecule has 2 aromatic rings. The average Bonchev–Trinajstić information content (AvgIpc) is 3.25. The number of aryl methyl sites for hydroxylation is 3. The van der Waals surface area contributed by atoms with Crippen molar-refractivity contribution in [3.05, 3.63) is 76.9 Å². The Morgan fingerprint density at radius 2 is 1.27 bits per heavy atom. The smallest absolute Gasteiger partial charge is 0.333 e. The van der Waals surface area contributed by atoms with Crippen LogP contribution in [0.25, 0.3) is 11.1 Å². The van der Waals surface area contributed by atoms with Crippen molar-refractivity contribution in [2.45, 2.75) is 163 Å². The lowest BCUT2D eigenvalue weighted by Gasteiger charge is -2.38. The number of ether oxygens (including phenoxy) is 3. The SMILES string of the molecule is C=C(C)C(=O)OCCCc1cc(-c2ccc(C3CCC(C4CCC(CCCCC)CC4)CC3)cc2CC)cc(CCCOC(=O)C(=C)C)c1OCCC(CC)(CO)CO. The van der Waals surface area contributed by atoms with Crippen LogP contribution in [0.1, 0.15) is 166 Å². The maximum Gasteiger partial charge on any atom is 0.333 e. The van der Waals surface area contributed by atoms with Crippen molar-refractivity contribution < 1.29 is 34.0 Å². The Hall–Kier alpha value is -3.42. The van der Waals surface area contributed by atoms with E-state index in [1.54, 1.807) is 13.8 Å². The molecule has 0 saturated heterocycles. The number of hydrogen-bond acceptors (Lipinski definition) is 7. The van der Waals surface area contributed by atoms with Gasteiger partial charge in [0.15, 0.2) is 0 Å². The third-order valence-corrected chi connectivity index (χ3v) is 13.7. The fraction of sp³-hybridized carbons (Fsp3) is 0.654. The van der Waals surface area contributed by atoms with Gasteiger partial charge in [0.05, 0.1) is 33.0 Å². The summed E-state index contributed by atoms with van der Waals surface area (Å²) in [5.74, 6) is 3.37. The van der Waals surface area contributed by atoms with Gasteiger partial charge in [-0.2, -0.15) is 0 Å². The van der Waals surface area contributed by atoms with E-state index in [0.29, 0.717) is 62.2 Å². The van der Waals surface area contributed by atoms with E-state index in [-0.39, 0.29) is 26.4 Å². The quantitative estimate of drug-likeness (QED) is 0.0584. The summed E-state index contributed by atoms with van der Waals surface area (Å²) < 4.78 is 17.6. The van der Waals surface area contributed by atoms with Crippen LogP contribution in [-0.4, -0.2) is 55.2 Å². The van der Waals surface area contributed by atoms with Crippen LogP contribution in [0.15, 0.2) is 54.6 Å². The molecule has 2 aliphatic rings. The van der Waals surface area contributed by atoms with Crippen molar-refractivity contribution in [3.63, 3.8) is 0 Å². The van der Waals surface area contributed by atoms with Crippen LogP contribution in [0.5, 0.6) is 5.75 Å². The van der Waals surface area contributed by atoms with Crippen molar-refractivity contribution in [2.75, 3.05) is 33.0 Å². The van der Waals surface area contributed by atoms with Crippen LogP contribution in [0.4, 0.5) is 0 Å². The topological polar surface area (TPSA) is 102 Å². The van der Waals surface area contributed by atoms with Gasteiger partial charge >= 0.3 is 11.9 Å². The first kappa shape index (κ1) is 48.2. The number of aliphatic hydroxyl groups is 2. The first-order valence-corrected chi connectivity index (χ1v) is 23.3. The number of hydrogen-bond donors (Lipinski definition) is 2. The largest absolute Gasteiger partial charge is 0.493 e. The van der Waals surface area contributed by atoms with E-state index in [9.17, 15) is 19.8 Å². The van der Waals surface area contributed by atoms with Crippen LogP contribution >= 0.6 is 0 Å². The van der Waals surface area contributed by atoms with E-state index in [1.165, 1.54) is 93.7 Å². The zero-order chi connectivity index (χ0) is 42.8. The molecule has 2 aliphatic carbocycles. The highest BCUT2D eigenvalue weighted by molar-refractivity contribution is 5.87. The third kappa shape index (κ3) is 14.3. The Morgan fingerprint density at radius 1 is 0.712 bits per heavy atom.